The predicted octanol–water partition coefficient (Wildman–Crippen LogP) is 2.04. The van der Waals surface area contributed by atoms with Crippen molar-refractivity contribution in [2.24, 2.45) is 0 Å². The van der Waals surface area contributed by atoms with Crippen LogP contribution in [0.2, 0.25) is 0 Å². The van der Waals surface area contributed by atoms with Gasteiger partial charge in [-0.25, -0.2) is 4.39 Å². The summed E-state index contributed by atoms with van der Waals surface area (Å²) >= 11 is 0. The first kappa shape index (κ1) is 15.7. The first-order valence-corrected chi connectivity index (χ1v) is 6.46. The topological polar surface area (TPSA) is 70.8 Å². The Morgan fingerprint density at radius 1 is 1.24 bits per heavy atom. The molecule has 0 aromatic heterocycles. The molecule has 6 nitrogen and oxygen atoms in total. The molecule has 1 aromatic carbocycles. The highest BCUT2D eigenvalue weighted by molar-refractivity contribution is 6.63. The van der Waals surface area contributed by atoms with Crippen molar-refractivity contribution in [1.82, 2.24) is 0 Å². The minimum absolute atomic E-state index is 0.0556. The molecule has 0 unspecified atom stereocenters. The smallest absolute Gasteiger partial charge is 0.490 e. The maximum Gasteiger partial charge on any atom is 0.499 e. The van der Waals surface area contributed by atoms with Crippen molar-refractivity contribution in [3.63, 3.8) is 0 Å². The van der Waals surface area contributed by atoms with E-state index in [1.165, 1.54) is 7.11 Å². The van der Waals surface area contributed by atoms with Crippen LogP contribution in [0.1, 0.15) is 27.7 Å². The number of hydrogen-bond donors (Lipinski definition) is 0. The molecule has 0 bridgehead atoms. The Labute approximate surface area is 122 Å². The fourth-order valence-corrected chi connectivity index (χ4v) is 2.10. The van der Waals surface area contributed by atoms with E-state index in [2.05, 4.69) is 0 Å². The third-order valence-corrected chi connectivity index (χ3v) is 3.97. The third kappa shape index (κ3) is 2.61. The van der Waals surface area contributed by atoms with Crippen LogP contribution in [0.3, 0.4) is 0 Å². The molecule has 0 amide bonds. The summed E-state index contributed by atoms with van der Waals surface area (Å²) in [6.45, 7) is 7.36. The van der Waals surface area contributed by atoms with Crippen LogP contribution < -0.4 is 10.2 Å². The van der Waals surface area contributed by atoms with Crippen molar-refractivity contribution in [2.45, 2.75) is 38.9 Å². The number of rotatable bonds is 3. The van der Waals surface area contributed by atoms with E-state index in [4.69, 9.17) is 14.0 Å². The summed E-state index contributed by atoms with van der Waals surface area (Å²) in [6, 6.07) is 1.95. The van der Waals surface area contributed by atoms with Crippen molar-refractivity contribution in [3.05, 3.63) is 28.1 Å². The molecule has 21 heavy (non-hydrogen) atoms. The minimum atomic E-state index is -0.931. The maximum atomic E-state index is 13.7. The van der Waals surface area contributed by atoms with Gasteiger partial charge in [-0.1, -0.05) is 0 Å². The lowest BCUT2D eigenvalue weighted by Crippen LogP contribution is -2.41. The van der Waals surface area contributed by atoms with Gasteiger partial charge in [0.2, 0.25) is 0 Å². The Kier molecular flexibility index (Phi) is 3.71. The summed E-state index contributed by atoms with van der Waals surface area (Å²) in [7, 11) is 0.356. The lowest BCUT2D eigenvalue weighted by molar-refractivity contribution is -0.385. The van der Waals surface area contributed by atoms with Crippen LogP contribution in [0.5, 0.6) is 5.75 Å². The van der Waals surface area contributed by atoms with Gasteiger partial charge < -0.3 is 14.0 Å². The maximum absolute atomic E-state index is 13.7. The van der Waals surface area contributed by atoms with Crippen LogP contribution >= 0.6 is 0 Å². The second kappa shape index (κ2) is 4.96. The second-order valence-electron chi connectivity index (χ2n) is 5.89. The predicted molar refractivity (Wildman–Crippen MR) is 75.3 cm³/mol. The molecule has 0 N–H and O–H groups in total. The highest BCUT2D eigenvalue weighted by Gasteiger charge is 2.53. The standard InChI is InChI=1S/C13H17BFNO5/c1-12(2)13(3,4)21-14(20-12)9-6-8(15)7-10(16(17)18)11(9)19-5/h6-7H,1-5H3. The van der Waals surface area contributed by atoms with Crippen LogP contribution in [-0.4, -0.2) is 30.4 Å². The first-order valence-electron chi connectivity index (χ1n) is 6.46. The lowest BCUT2D eigenvalue weighted by atomic mass is 9.78. The molecule has 1 aromatic rings. The molecule has 1 aliphatic rings. The number of nitro benzene ring substituents is 1. The fraction of sp³-hybridized carbons (Fsp3) is 0.538. The van der Waals surface area contributed by atoms with Crippen molar-refractivity contribution >= 4 is 18.3 Å². The van der Waals surface area contributed by atoms with Crippen LogP contribution in [0.25, 0.3) is 0 Å². The molecule has 1 heterocycles. The molecule has 114 valence electrons. The van der Waals surface area contributed by atoms with Crippen molar-refractivity contribution < 1.29 is 23.4 Å². The summed E-state index contributed by atoms with van der Waals surface area (Å²) in [6.07, 6.45) is 0. The van der Waals surface area contributed by atoms with Gasteiger partial charge >= 0.3 is 12.8 Å². The number of ether oxygens (including phenoxy) is 1. The van der Waals surface area contributed by atoms with Crippen LogP contribution in [0.15, 0.2) is 12.1 Å². The average molecular weight is 297 g/mol. The Morgan fingerprint density at radius 2 is 1.76 bits per heavy atom. The zero-order valence-electron chi connectivity index (χ0n) is 12.6. The SMILES string of the molecule is COc1c(B2OC(C)(C)C(C)(C)O2)cc(F)cc1[N+](=O)[O-]. The van der Waals surface area contributed by atoms with E-state index < -0.39 is 34.7 Å². The third-order valence-electron chi connectivity index (χ3n) is 3.97. The van der Waals surface area contributed by atoms with Gasteiger partial charge in [-0.3, -0.25) is 10.1 Å². The number of halogens is 1. The summed E-state index contributed by atoms with van der Waals surface area (Å²) in [5.74, 6) is -0.799. The highest BCUT2D eigenvalue weighted by atomic mass is 19.1. The molecule has 1 fully saturated rings. The van der Waals surface area contributed by atoms with Gasteiger partial charge in [0.25, 0.3) is 0 Å². The Hall–Kier alpha value is -1.67. The second-order valence-corrected chi connectivity index (χ2v) is 5.89. The average Bonchev–Trinajstić information content (AvgIpc) is 2.57. The fourth-order valence-electron chi connectivity index (χ4n) is 2.10. The molecular formula is C13H17BFNO5. The summed E-state index contributed by atoms with van der Waals surface area (Å²) < 4.78 is 30.3. The number of methoxy groups -OCH3 is 1. The van der Waals surface area contributed by atoms with Gasteiger partial charge in [0, 0.05) is 5.46 Å². The van der Waals surface area contributed by atoms with Gasteiger partial charge in [0.05, 0.1) is 29.3 Å². The molecule has 0 spiro atoms. The van der Waals surface area contributed by atoms with E-state index in [0.717, 1.165) is 12.1 Å². The highest BCUT2D eigenvalue weighted by Crippen LogP contribution is 2.38. The zero-order chi connectivity index (χ0) is 16.0. The number of hydrogen-bond acceptors (Lipinski definition) is 5. The minimum Gasteiger partial charge on any atom is -0.490 e. The van der Waals surface area contributed by atoms with Crippen molar-refractivity contribution in [1.29, 1.82) is 0 Å². The molecule has 0 radical (unpaired) electrons. The van der Waals surface area contributed by atoms with Gasteiger partial charge in [0.15, 0.2) is 5.75 Å². The molecule has 0 atom stereocenters. The molecule has 1 aliphatic heterocycles. The molecule has 8 heteroatoms. The Morgan fingerprint density at radius 3 is 2.19 bits per heavy atom. The number of nitrogens with zero attached hydrogens (tertiary/aromatic N) is 1. The first-order chi connectivity index (χ1) is 9.59. The van der Waals surface area contributed by atoms with E-state index >= 15 is 0 Å². The van der Waals surface area contributed by atoms with Crippen molar-refractivity contribution in [2.75, 3.05) is 7.11 Å². The summed E-state index contributed by atoms with van der Waals surface area (Å²) in [4.78, 5) is 10.3. The number of benzene rings is 1. The van der Waals surface area contributed by atoms with Crippen LogP contribution in [0.4, 0.5) is 10.1 Å². The molecular weight excluding hydrogens is 280 g/mol. The van der Waals surface area contributed by atoms with Crippen LogP contribution in [-0.2, 0) is 9.31 Å². The normalized spacial score (nSPS) is 19.6. The van der Waals surface area contributed by atoms with E-state index in [1.54, 1.807) is 0 Å². The van der Waals surface area contributed by atoms with Gasteiger partial charge in [-0.05, 0) is 33.8 Å². The molecule has 0 aliphatic carbocycles. The number of nitro groups is 1. The molecule has 2 rings (SSSR count). The Balaban J connectivity index is 2.53. The zero-order valence-corrected chi connectivity index (χ0v) is 12.6. The molecule has 0 saturated carbocycles. The summed E-state index contributed by atoms with van der Waals surface area (Å²) in [5, 5.41) is 11.0. The lowest BCUT2D eigenvalue weighted by Gasteiger charge is -2.32. The molecule has 1 saturated heterocycles. The van der Waals surface area contributed by atoms with Gasteiger partial charge in [-0.2, -0.15) is 0 Å². The van der Waals surface area contributed by atoms with Gasteiger partial charge in [0.1, 0.15) is 5.82 Å². The van der Waals surface area contributed by atoms with E-state index in [9.17, 15) is 14.5 Å². The summed E-state index contributed by atoms with van der Waals surface area (Å²) in [5.41, 5.74) is -1.56. The largest absolute Gasteiger partial charge is 0.499 e. The van der Waals surface area contributed by atoms with Gasteiger partial charge in [-0.15, -0.1) is 0 Å². The Bertz CT molecular complexity index is 574. The quantitative estimate of drug-likeness (QED) is 0.485. The monoisotopic (exact) mass is 297 g/mol. The van der Waals surface area contributed by atoms with Crippen molar-refractivity contribution in [3.8, 4) is 5.75 Å². The van der Waals surface area contributed by atoms with E-state index in [-0.39, 0.29) is 11.2 Å². The van der Waals surface area contributed by atoms with Crippen LogP contribution in [0, 0.1) is 15.9 Å². The van der Waals surface area contributed by atoms with E-state index in [0.29, 0.717) is 0 Å². The van der Waals surface area contributed by atoms with E-state index in [1.807, 2.05) is 27.7 Å².